The van der Waals surface area contributed by atoms with Crippen molar-refractivity contribution in [1.82, 2.24) is 5.32 Å². The molecule has 0 radical (unpaired) electrons. The van der Waals surface area contributed by atoms with Gasteiger partial charge in [-0.1, -0.05) is 25.8 Å². The Morgan fingerprint density at radius 2 is 2.42 bits per heavy atom. The number of hydrogen-bond donors (Lipinski definition) is 1. The van der Waals surface area contributed by atoms with Crippen LogP contribution in [0.5, 0.6) is 0 Å². The van der Waals surface area contributed by atoms with E-state index in [4.69, 9.17) is 4.74 Å². The van der Waals surface area contributed by atoms with E-state index in [-0.39, 0.29) is 12.0 Å². The van der Waals surface area contributed by atoms with Crippen molar-refractivity contribution < 1.29 is 9.53 Å². The highest BCUT2D eigenvalue weighted by atomic mass is 32.1. The number of carbonyl (C=O) groups is 1. The minimum Gasteiger partial charge on any atom is -0.469 e. The van der Waals surface area contributed by atoms with Crippen molar-refractivity contribution in [3.8, 4) is 0 Å². The molecule has 1 N–H and O–H groups in total. The van der Waals surface area contributed by atoms with Gasteiger partial charge in [0.25, 0.3) is 0 Å². The van der Waals surface area contributed by atoms with E-state index in [1.54, 1.807) is 11.3 Å². The lowest BCUT2D eigenvalue weighted by molar-refractivity contribution is -0.141. The predicted octanol–water partition coefficient (Wildman–Crippen LogP) is 3.52. The third-order valence-electron chi connectivity index (χ3n) is 4.08. The van der Waals surface area contributed by atoms with Crippen molar-refractivity contribution in [3.05, 3.63) is 22.4 Å². The summed E-state index contributed by atoms with van der Waals surface area (Å²) < 4.78 is 4.82. The van der Waals surface area contributed by atoms with E-state index < -0.39 is 0 Å². The zero-order valence-electron chi connectivity index (χ0n) is 11.7. The molecule has 1 aliphatic rings. The minimum atomic E-state index is -0.142. The molecule has 1 heterocycles. The van der Waals surface area contributed by atoms with E-state index in [1.165, 1.54) is 37.7 Å². The number of nitrogens with one attached hydrogen (secondary N) is 1. The molecular weight excluding hydrogens is 258 g/mol. The number of hydrogen-bond acceptors (Lipinski definition) is 4. The van der Waals surface area contributed by atoms with Gasteiger partial charge in [-0.25, -0.2) is 0 Å². The molecule has 0 aromatic carbocycles. The Hall–Kier alpha value is -0.870. The third kappa shape index (κ3) is 3.80. The van der Waals surface area contributed by atoms with Crippen LogP contribution in [0.25, 0.3) is 0 Å². The van der Waals surface area contributed by atoms with E-state index in [1.807, 2.05) is 6.07 Å². The van der Waals surface area contributed by atoms with Gasteiger partial charge >= 0.3 is 5.97 Å². The van der Waals surface area contributed by atoms with Crippen LogP contribution in [-0.4, -0.2) is 19.1 Å². The minimum absolute atomic E-state index is 0.101. The standard InChI is InChI=1S/C15H23NO2S/c1-3-11-6-4-7-12(11)16-13(10-15(17)18-2)14-8-5-9-19-14/h5,8-9,11-13,16H,3-4,6-7,10H2,1-2H3. The maximum Gasteiger partial charge on any atom is 0.307 e. The SMILES string of the molecule is CCC1CCCC1NC(CC(=O)OC)c1cccs1. The Balaban J connectivity index is 2.03. The van der Waals surface area contributed by atoms with Gasteiger partial charge in [-0.2, -0.15) is 0 Å². The Kier molecular flexibility index (Phi) is 5.40. The molecule has 2 rings (SSSR count). The molecule has 0 aliphatic heterocycles. The molecule has 1 fully saturated rings. The highest BCUT2D eigenvalue weighted by Crippen LogP contribution is 2.32. The second-order valence-corrected chi connectivity index (χ2v) is 6.20. The number of carbonyl (C=O) groups excluding carboxylic acids is 1. The number of esters is 1. The number of methoxy groups -OCH3 is 1. The van der Waals surface area contributed by atoms with Crippen molar-refractivity contribution in [2.45, 2.75) is 51.1 Å². The van der Waals surface area contributed by atoms with Crippen molar-refractivity contribution in [2.24, 2.45) is 5.92 Å². The van der Waals surface area contributed by atoms with Gasteiger partial charge in [0.15, 0.2) is 0 Å². The van der Waals surface area contributed by atoms with Gasteiger partial charge in [-0.3, -0.25) is 4.79 Å². The third-order valence-corrected chi connectivity index (χ3v) is 5.07. The number of rotatable bonds is 6. The van der Waals surface area contributed by atoms with Gasteiger partial charge in [-0.15, -0.1) is 11.3 Å². The summed E-state index contributed by atoms with van der Waals surface area (Å²) in [6.07, 6.45) is 5.47. The molecule has 1 aromatic heterocycles. The maximum atomic E-state index is 11.6. The lowest BCUT2D eigenvalue weighted by atomic mass is 9.99. The molecule has 106 valence electrons. The summed E-state index contributed by atoms with van der Waals surface area (Å²) >= 11 is 1.71. The second-order valence-electron chi connectivity index (χ2n) is 5.22. The molecule has 1 aromatic rings. The fourth-order valence-corrected chi connectivity index (χ4v) is 3.77. The molecule has 3 atom stereocenters. The summed E-state index contributed by atoms with van der Waals surface area (Å²) in [6, 6.07) is 4.78. The normalized spacial score (nSPS) is 24.3. The predicted molar refractivity (Wildman–Crippen MR) is 78.2 cm³/mol. The zero-order chi connectivity index (χ0) is 13.7. The summed E-state index contributed by atoms with van der Waals surface area (Å²) in [5.41, 5.74) is 0. The summed E-state index contributed by atoms with van der Waals surface area (Å²) in [7, 11) is 1.46. The average molecular weight is 281 g/mol. The Bertz CT molecular complexity index is 391. The quantitative estimate of drug-likeness (QED) is 0.811. The lowest BCUT2D eigenvalue weighted by Gasteiger charge is -2.25. The molecule has 19 heavy (non-hydrogen) atoms. The van der Waals surface area contributed by atoms with E-state index in [2.05, 4.69) is 23.7 Å². The topological polar surface area (TPSA) is 38.3 Å². The average Bonchev–Trinajstić information content (AvgIpc) is 3.08. The highest BCUT2D eigenvalue weighted by Gasteiger charge is 2.29. The Morgan fingerprint density at radius 3 is 3.05 bits per heavy atom. The molecule has 0 amide bonds. The molecule has 1 saturated carbocycles. The molecule has 4 heteroatoms. The summed E-state index contributed by atoms with van der Waals surface area (Å²) in [4.78, 5) is 12.8. The van der Waals surface area contributed by atoms with Crippen molar-refractivity contribution >= 4 is 17.3 Å². The first-order valence-electron chi connectivity index (χ1n) is 7.10. The smallest absolute Gasteiger partial charge is 0.307 e. The van der Waals surface area contributed by atoms with Gasteiger partial charge < -0.3 is 10.1 Å². The largest absolute Gasteiger partial charge is 0.469 e. The lowest BCUT2D eigenvalue weighted by Crippen LogP contribution is -2.36. The van der Waals surface area contributed by atoms with Crippen LogP contribution in [0, 0.1) is 5.92 Å². The first-order chi connectivity index (χ1) is 9.24. The van der Waals surface area contributed by atoms with Crippen LogP contribution in [0.1, 0.15) is 49.9 Å². The van der Waals surface area contributed by atoms with Crippen LogP contribution < -0.4 is 5.32 Å². The molecular formula is C15H23NO2S. The fourth-order valence-electron chi connectivity index (χ4n) is 2.98. The molecule has 1 aliphatic carbocycles. The van der Waals surface area contributed by atoms with Crippen molar-refractivity contribution in [1.29, 1.82) is 0 Å². The van der Waals surface area contributed by atoms with Gasteiger partial charge in [0, 0.05) is 10.9 Å². The van der Waals surface area contributed by atoms with E-state index in [0.29, 0.717) is 12.5 Å². The van der Waals surface area contributed by atoms with Gasteiger partial charge in [0.2, 0.25) is 0 Å². The van der Waals surface area contributed by atoms with Gasteiger partial charge in [0.05, 0.1) is 19.6 Å². The molecule has 0 bridgehead atoms. The van der Waals surface area contributed by atoms with Crippen LogP contribution in [-0.2, 0) is 9.53 Å². The summed E-state index contributed by atoms with van der Waals surface area (Å²) in [5.74, 6) is 0.608. The summed E-state index contributed by atoms with van der Waals surface area (Å²) in [6.45, 7) is 2.26. The molecule has 0 spiro atoms. The monoisotopic (exact) mass is 281 g/mol. The van der Waals surface area contributed by atoms with Gasteiger partial charge in [0.1, 0.15) is 0 Å². The first-order valence-corrected chi connectivity index (χ1v) is 7.98. The number of thiophene rings is 1. The first kappa shape index (κ1) is 14.5. The molecule has 3 nitrogen and oxygen atoms in total. The van der Waals surface area contributed by atoms with Crippen LogP contribution in [0.3, 0.4) is 0 Å². The molecule has 0 saturated heterocycles. The van der Waals surface area contributed by atoms with E-state index in [9.17, 15) is 4.79 Å². The van der Waals surface area contributed by atoms with Crippen LogP contribution >= 0.6 is 11.3 Å². The van der Waals surface area contributed by atoms with Crippen molar-refractivity contribution in [2.75, 3.05) is 7.11 Å². The van der Waals surface area contributed by atoms with Crippen LogP contribution in [0.2, 0.25) is 0 Å². The number of ether oxygens (including phenoxy) is 1. The maximum absolute atomic E-state index is 11.6. The second kappa shape index (κ2) is 7.06. The molecule has 3 unspecified atom stereocenters. The van der Waals surface area contributed by atoms with Crippen molar-refractivity contribution in [3.63, 3.8) is 0 Å². The fraction of sp³-hybridized carbons (Fsp3) is 0.667. The zero-order valence-corrected chi connectivity index (χ0v) is 12.5. The highest BCUT2D eigenvalue weighted by molar-refractivity contribution is 7.10. The summed E-state index contributed by atoms with van der Waals surface area (Å²) in [5, 5.41) is 5.76. The van der Waals surface area contributed by atoms with E-state index >= 15 is 0 Å². The van der Waals surface area contributed by atoms with Crippen LogP contribution in [0.4, 0.5) is 0 Å². The van der Waals surface area contributed by atoms with E-state index in [0.717, 1.165) is 5.92 Å². The van der Waals surface area contributed by atoms with Crippen LogP contribution in [0.15, 0.2) is 17.5 Å². The Morgan fingerprint density at radius 1 is 1.58 bits per heavy atom. The van der Waals surface area contributed by atoms with Gasteiger partial charge in [-0.05, 0) is 30.2 Å². The Labute approximate surface area is 119 Å².